The van der Waals surface area contributed by atoms with E-state index in [4.69, 9.17) is 5.84 Å². The van der Waals surface area contributed by atoms with Crippen molar-refractivity contribution in [3.05, 3.63) is 36.0 Å². The molecule has 21 heavy (non-hydrogen) atoms. The van der Waals surface area contributed by atoms with Crippen molar-refractivity contribution in [3.63, 3.8) is 0 Å². The van der Waals surface area contributed by atoms with Crippen LogP contribution in [0.2, 0.25) is 0 Å². The molecule has 5 heteroatoms. The van der Waals surface area contributed by atoms with Crippen molar-refractivity contribution >= 4 is 22.5 Å². The highest BCUT2D eigenvalue weighted by atomic mass is 16.1. The normalized spacial score (nSPS) is 10.6. The summed E-state index contributed by atoms with van der Waals surface area (Å²) in [4.78, 5) is 16.4. The Morgan fingerprint density at radius 1 is 1.24 bits per heavy atom. The van der Waals surface area contributed by atoms with Gasteiger partial charge in [0.1, 0.15) is 11.5 Å². The van der Waals surface area contributed by atoms with Crippen LogP contribution >= 0.6 is 0 Å². The summed E-state index contributed by atoms with van der Waals surface area (Å²) in [7, 11) is 0. The minimum Gasteiger partial charge on any atom is -0.351 e. The summed E-state index contributed by atoms with van der Waals surface area (Å²) in [5, 5.41) is 4.75. The number of benzene rings is 1. The van der Waals surface area contributed by atoms with E-state index in [1.54, 1.807) is 6.07 Å². The number of nitrogens with two attached hydrogens (primary N) is 1. The Morgan fingerprint density at radius 2 is 2.05 bits per heavy atom. The zero-order valence-corrected chi connectivity index (χ0v) is 12.4. The summed E-state index contributed by atoms with van der Waals surface area (Å²) in [6, 6.07) is 9.49. The number of amides is 1. The third-order valence-electron chi connectivity index (χ3n) is 3.43. The second-order valence-electron chi connectivity index (χ2n) is 5.04. The zero-order valence-electron chi connectivity index (χ0n) is 12.4. The summed E-state index contributed by atoms with van der Waals surface area (Å²) in [5.74, 6) is 5.85. The number of pyridine rings is 1. The van der Waals surface area contributed by atoms with Crippen molar-refractivity contribution < 1.29 is 4.79 Å². The maximum atomic E-state index is 12.1. The molecule has 0 bridgehead atoms. The SMILES string of the molecule is CCCCCCNC(=O)c1cc2ccccc2c(NN)n1. The Bertz CT molecular complexity index is 612. The Labute approximate surface area is 124 Å². The molecule has 5 nitrogen and oxygen atoms in total. The van der Waals surface area contributed by atoms with Crippen LogP contribution in [0.1, 0.15) is 43.1 Å². The molecule has 2 aromatic rings. The van der Waals surface area contributed by atoms with Crippen LogP contribution in [0.25, 0.3) is 10.8 Å². The summed E-state index contributed by atoms with van der Waals surface area (Å²) in [6.45, 7) is 2.84. The average Bonchev–Trinajstić information content (AvgIpc) is 2.53. The molecule has 1 heterocycles. The molecule has 2 rings (SSSR count). The number of unbranched alkanes of at least 4 members (excludes halogenated alkanes) is 3. The fourth-order valence-corrected chi connectivity index (χ4v) is 2.27. The summed E-state index contributed by atoms with van der Waals surface area (Å²) in [5.41, 5.74) is 2.94. The van der Waals surface area contributed by atoms with Crippen LogP contribution in [0.15, 0.2) is 30.3 Å². The molecule has 0 saturated heterocycles. The number of aromatic nitrogens is 1. The predicted molar refractivity (Wildman–Crippen MR) is 86.0 cm³/mol. The van der Waals surface area contributed by atoms with Gasteiger partial charge in [-0.2, -0.15) is 0 Å². The number of nitrogens with one attached hydrogen (secondary N) is 2. The Hall–Kier alpha value is -2.14. The van der Waals surface area contributed by atoms with Crippen molar-refractivity contribution in [1.82, 2.24) is 10.3 Å². The van der Waals surface area contributed by atoms with Gasteiger partial charge < -0.3 is 10.7 Å². The first-order chi connectivity index (χ1) is 10.3. The van der Waals surface area contributed by atoms with Gasteiger partial charge in [-0.05, 0) is 17.9 Å². The lowest BCUT2D eigenvalue weighted by atomic mass is 10.1. The second kappa shape index (κ2) is 7.59. The molecular formula is C16H22N4O. The van der Waals surface area contributed by atoms with E-state index in [0.29, 0.717) is 18.1 Å². The van der Waals surface area contributed by atoms with E-state index in [-0.39, 0.29) is 5.91 Å². The number of fused-ring (bicyclic) bond motifs is 1. The molecule has 0 radical (unpaired) electrons. The molecule has 0 aliphatic carbocycles. The highest BCUT2D eigenvalue weighted by Crippen LogP contribution is 2.21. The quantitative estimate of drug-likeness (QED) is 0.415. The van der Waals surface area contributed by atoms with Crippen molar-refractivity contribution in [2.45, 2.75) is 32.6 Å². The van der Waals surface area contributed by atoms with Crippen molar-refractivity contribution in [2.75, 3.05) is 12.0 Å². The lowest BCUT2D eigenvalue weighted by molar-refractivity contribution is 0.0948. The standard InChI is InChI=1S/C16H22N4O/c1-2-3-4-7-10-18-16(21)14-11-12-8-5-6-9-13(12)15(19-14)20-17/h5-6,8-9,11H,2-4,7,10,17H2,1H3,(H,18,21)(H,19,20). The smallest absolute Gasteiger partial charge is 0.269 e. The molecule has 0 fully saturated rings. The largest absolute Gasteiger partial charge is 0.351 e. The van der Waals surface area contributed by atoms with Crippen LogP contribution in [0.5, 0.6) is 0 Å². The molecule has 0 spiro atoms. The highest BCUT2D eigenvalue weighted by molar-refractivity contribution is 6.00. The number of rotatable bonds is 7. The fraction of sp³-hybridized carbons (Fsp3) is 0.375. The van der Waals surface area contributed by atoms with Gasteiger partial charge in [0.15, 0.2) is 0 Å². The van der Waals surface area contributed by atoms with Gasteiger partial charge in [-0.3, -0.25) is 4.79 Å². The third-order valence-corrected chi connectivity index (χ3v) is 3.43. The molecule has 1 aromatic carbocycles. The van der Waals surface area contributed by atoms with Crippen LogP contribution in [0.3, 0.4) is 0 Å². The van der Waals surface area contributed by atoms with Gasteiger partial charge in [-0.1, -0.05) is 50.5 Å². The minimum atomic E-state index is -0.159. The maximum Gasteiger partial charge on any atom is 0.269 e. The summed E-state index contributed by atoms with van der Waals surface area (Å²) >= 11 is 0. The molecule has 0 aliphatic heterocycles. The highest BCUT2D eigenvalue weighted by Gasteiger charge is 2.11. The monoisotopic (exact) mass is 286 g/mol. The van der Waals surface area contributed by atoms with E-state index >= 15 is 0 Å². The number of hydrogen-bond acceptors (Lipinski definition) is 4. The lowest BCUT2D eigenvalue weighted by Crippen LogP contribution is -2.26. The van der Waals surface area contributed by atoms with Gasteiger partial charge in [-0.15, -0.1) is 0 Å². The zero-order chi connectivity index (χ0) is 15.1. The second-order valence-corrected chi connectivity index (χ2v) is 5.04. The van der Waals surface area contributed by atoms with E-state index in [0.717, 1.165) is 23.6 Å². The summed E-state index contributed by atoms with van der Waals surface area (Å²) < 4.78 is 0. The van der Waals surface area contributed by atoms with E-state index in [9.17, 15) is 4.79 Å². The number of hydrogen-bond donors (Lipinski definition) is 3. The number of nitrogen functional groups attached to an aromatic ring is 1. The van der Waals surface area contributed by atoms with E-state index < -0.39 is 0 Å². The van der Waals surface area contributed by atoms with Crippen molar-refractivity contribution in [1.29, 1.82) is 0 Å². The van der Waals surface area contributed by atoms with E-state index in [1.807, 2.05) is 24.3 Å². The predicted octanol–water partition coefficient (Wildman–Crippen LogP) is 2.83. The van der Waals surface area contributed by atoms with E-state index in [1.165, 1.54) is 12.8 Å². The minimum absolute atomic E-state index is 0.159. The third kappa shape index (κ3) is 3.92. The van der Waals surface area contributed by atoms with Crippen molar-refractivity contribution in [2.24, 2.45) is 5.84 Å². The van der Waals surface area contributed by atoms with Gasteiger partial charge in [0.2, 0.25) is 0 Å². The molecule has 0 atom stereocenters. The van der Waals surface area contributed by atoms with Gasteiger partial charge in [0.25, 0.3) is 5.91 Å². The number of carbonyl (C=O) groups is 1. The van der Waals surface area contributed by atoms with Crippen LogP contribution in [0.4, 0.5) is 5.82 Å². The summed E-state index contributed by atoms with van der Waals surface area (Å²) in [6.07, 6.45) is 4.52. The molecule has 0 aliphatic rings. The van der Waals surface area contributed by atoms with Crippen molar-refractivity contribution in [3.8, 4) is 0 Å². The van der Waals surface area contributed by atoms with Gasteiger partial charge in [-0.25, -0.2) is 10.8 Å². The Balaban J connectivity index is 2.09. The first-order valence-electron chi connectivity index (χ1n) is 7.41. The molecule has 0 saturated carbocycles. The van der Waals surface area contributed by atoms with Crippen LogP contribution in [-0.4, -0.2) is 17.4 Å². The molecule has 0 unspecified atom stereocenters. The van der Waals surface area contributed by atoms with Crippen LogP contribution in [-0.2, 0) is 0 Å². The van der Waals surface area contributed by atoms with Gasteiger partial charge in [0.05, 0.1) is 0 Å². The lowest BCUT2D eigenvalue weighted by Gasteiger charge is -2.09. The van der Waals surface area contributed by atoms with Gasteiger partial charge >= 0.3 is 0 Å². The Morgan fingerprint density at radius 3 is 2.81 bits per heavy atom. The number of nitrogens with zero attached hydrogens (tertiary/aromatic N) is 1. The first-order valence-corrected chi connectivity index (χ1v) is 7.41. The Kier molecular flexibility index (Phi) is 5.51. The van der Waals surface area contributed by atoms with Crippen LogP contribution < -0.4 is 16.6 Å². The fourth-order valence-electron chi connectivity index (χ4n) is 2.27. The maximum absolute atomic E-state index is 12.1. The number of carbonyl (C=O) groups excluding carboxylic acids is 1. The van der Waals surface area contributed by atoms with E-state index in [2.05, 4.69) is 22.7 Å². The first kappa shape index (κ1) is 15.3. The topological polar surface area (TPSA) is 80.0 Å². The van der Waals surface area contributed by atoms with Gasteiger partial charge in [0, 0.05) is 11.9 Å². The molecule has 1 amide bonds. The molecule has 1 aromatic heterocycles. The molecule has 112 valence electrons. The number of hydrazine groups is 1. The van der Waals surface area contributed by atoms with Crippen LogP contribution in [0, 0.1) is 0 Å². The molecular weight excluding hydrogens is 264 g/mol. The molecule has 4 N–H and O–H groups in total. The average molecular weight is 286 g/mol. The number of anilines is 1.